The van der Waals surface area contributed by atoms with E-state index in [2.05, 4.69) is 0 Å². The summed E-state index contributed by atoms with van der Waals surface area (Å²) in [6.07, 6.45) is 1.30. The number of primary amides is 1. The SMILES string of the molecule is CC(O)CCC(=O)N1CCCN(CC(N)=O)CC1. The number of rotatable bonds is 5. The maximum absolute atomic E-state index is 11.9. The smallest absolute Gasteiger partial charge is 0.231 e. The highest BCUT2D eigenvalue weighted by molar-refractivity contribution is 5.76. The average Bonchev–Trinajstić information content (AvgIpc) is 2.50. The molecule has 1 fully saturated rings. The van der Waals surface area contributed by atoms with E-state index in [0.717, 1.165) is 13.0 Å². The van der Waals surface area contributed by atoms with Crippen LogP contribution in [0, 0.1) is 0 Å². The van der Waals surface area contributed by atoms with Gasteiger partial charge in [0.05, 0.1) is 12.6 Å². The predicted molar refractivity (Wildman–Crippen MR) is 67.7 cm³/mol. The summed E-state index contributed by atoms with van der Waals surface area (Å²) in [5, 5.41) is 9.17. The second kappa shape index (κ2) is 7.33. The van der Waals surface area contributed by atoms with Gasteiger partial charge in [-0.05, 0) is 19.8 Å². The van der Waals surface area contributed by atoms with Gasteiger partial charge >= 0.3 is 0 Å². The van der Waals surface area contributed by atoms with Crippen LogP contribution in [0.15, 0.2) is 0 Å². The molecule has 2 amide bonds. The molecule has 1 unspecified atom stereocenters. The second-order valence-electron chi connectivity index (χ2n) is 4.86. The summed E-state index contributed by atoms with van der Waals surface area (Å²) in [5.41, 5.74) is 5.16. The van der Waals surface area contributed by atoms with Crippen molar-refractivity contribution in [3.63, 3.8) is 0 Å². The van der Waals surface area contributed by atoms with E-state index in [1.807, 2.05) is 9.80 Å². The monoisotopic (exact) mass is 257 g/mol. The number of aliphatic hydroxyl groups is 1. The van der Waals surface area contributed by atoms with Crippen LogP contribution in [0.2, 0.25) is 0 Å². The lowest BCUT2D eigenvalue weighted by Crippen LogP contribution is -2.38. The number of aliphatic hydroxyl groups excluding tert-OH is 1. The molecule has 0 aliphatic carbocycles. The Morgan fingerprint density at radius 2 is 2.00 bits per heavy atom. The fraction of sp³-hybridized carbons (Fsp3) is 0.833. The Hall–Kier alpha value is -1.14. The molecular formula is C12H23N3O3. The van der Waals surface area contributed by atoms with Crippen LogP contribution in [-0.4, -0.2) is 65.5 Å². The van der Waals surface area contributed by atoms with Crippen LogP contribution in [0.4, 0.5) is 0 Å². The molecule has 0 radical (unpaired) electrons. The van der Waals surface area contributed by atoms with Crippen LogP contribution in [-0.2, 0) is 9.59 Å². The lowest BCUT2D eigenvalue weighted by atomic mass is 10.2. The molecule has 0 spiro atoms. The first kappa shape index (κ1) is 14.9. The molecule has 6 heteroatoms. The van der Waals surface area contributed by atoms with E-state index in [4.69, 9.17) is 10.8 Å². The minimum absolute atomic E-state index is 0.0804. The first-order valence-electron chi connectivity index (χ1n) is 6.45. The van der Waals surface area contributed by atoms with E-state index in [-0.39, 0.29) is 18.4 Å². The van der Waals surface area contributed by atoms with Crippen LogP contribution >= 0.6 is 0 Å². The molecule has 3 N–H and O–H groups in total. The van der Waals surface area contributed by atoms with Crippen molar-refractivity contribution in [2.45, 2.75) is 32.3 Å². The normalized spacial score (nSPS) is 19.3. The number of amides is 2. The quantitative estimate of drug-likeness (QED) is 0.673. The third-order valence-electron chi connectivity index (χ3n) is 3.10. The maximum atomic E-state index is 11.9. The van der Waals surface area contributed by atoms with Gasteiger partial charge in [0.25, 0.3) is 0 Å². The third-order valence-corrected chi connectivity index (χ3v) is 3.10. The third kappa shape index (κ3) is 5.46. The highest BCUT2D eigenvalue weighted by atomic mass is 16.3. The molecule has 18 heavy (non-hydrogen) atoms. The van der Waals surface area contributed by atoms with Crippen LogP contribution in [0.3, 0.4) is 0 Å². The van der Waals surface area contributed by atoms with Gasteiger partial charge in [0.1, 0.15) is 0 Å². The molecule has 1 aliphatic heterocycles. The number of carbonyl (C=O) groups is 2. The topological polar surface area (TPSA) is 86.9 Å². The highest BCUT2D eigenvalue weighted by Gasteiger charge is 2.19. The van der Waals surface area contributed by atoms with Crippen molar-refractivity contribution < 1.29 is 14.7 Å². The van der Waals surface area contributed by atoms with Gasteiger partial charge < -0.3 is 15.7 Å². The standard InChI is InChI=1S/C12H23N3O3/c1-10(16)3-4-12(18)15-6-2-5-14(7-8-15)9-11(13)17/h10,16H,2-9H2,1H3,(H2,13,17). The zero-order chi connectivity index (χ0) is 13.5. The van der Waals surface area contributed by atoms with Crippen LogP contribution in [0.25, 0.3) is 0 Å². The largest absolute Gasteiger partial charge is 0.393 e. The summed E-state index contributed by atoms with van der Waals surface area (Å²) >= 11 is 0. The number of nitrogens with two attached hydrogens (primary N) is 1. The van der Waals surface area contributed by atoms with Gasteiger partial charge in [-0.2, -0.15) is 0 Å². The summed E-state index contributed by atoms with van der Waals surface area (Å²) in [6.45, 7) is 4.77. The predicted octanol–water partition coefficient (Wildman–Crippen LogP) is -0.833. The first-order valence-corrected chi connectivity index (χ1v) is 6.45. The zero-order valence-electron chi connectivity index (χ0n) is 11.0. The van der Waals surface area contributed by atoms with Crippen molar-refractivity contribution >= 4 is 11.8 Å². The lowest BCUT2D eigenvalue weighted by Gasteiger charge is -2.21. The van der Waals surface area contributed by atoms with Crippen molar-refractivity contribution in [2.75, 3.05) is 32.7 Å². The summed E-state index contributed by atoms with van der Waals surface area (Å²) < 4.78 is 0. The van der Waals surface area contributed by atoms with Crippen LogP contribution < -0.4 is 5.73 Å². The number of hydrogen-bond donors (Lipinski definition) is 2. The minimum atomic E-state index is -0.438. The summed E-state index contributed by atoms with van der Waals surface area (Å²) in [4.78, 5) is 26.5. The molecule has 0 aromatic carbocycles. The van der Waals surface area contributed by atoms with Crippen molar-refractivity contribution in [1.29, 1.82) is 0 Å². The van der Waals surface area contributed by atoms with Gasteiger partial charge in [0, 0.05) is 32.6 Å². The number of hydrogen-bond acceptors (Lipinski definition) is 4. The van der Waals surface area contributed by atoms with Gasteiger partial charge in [-0.15, -0.1) is 0 Å². The molecule has 0 bridgehead atoms. The molecule has 1 aliphatic rings. The molecule has 104 valence electrons. The molecule has 1 rings (SSSR count). The average molecular weight is 257 g/mol. The van der Waals surface area contributed by atoms with Crippen molar-refractivity contribution in [3.05, 3.63) is 0 Å². The first-order chi connectivity index (χ1) is 8.49. The van der Waals surface area contributed by atoms with Gasteiger partial charge in [0.2, 0.25) is 11.8 Å². The molecule has 6 nitrogen and oxygen atoms in total. The number of nitrogens with zero attached hydrogens (tertiary/aromatic N) is 2. The summed E-state index contributed by atoms with van der Waals surface area (Å²) in [6, 6.07) is 0. The van der Waals surface area contributed by atoms with E-state index >= 15 is 0 Å². The Bertz CT molecular complexity index is 294. The highest BCUT2D eigenvalue weighted by Crippen LogP contribution is 2.07. The van der Waals surface area contributed by atoms with Crippen molar-refractivity contribution in [1.82, 2.24) is 9.80 Å². The van der Waals surface area contributed by atoms with Crippen molar-refractivity contribution in [2.24, 2.45) is 5.73 Å². The molecule has 0 aromatic heterocycles. The van der Waals surface area contributed by atoms with Gasteiger partial charge in [0.15, 0.2) is 0 Å². The molecule has 1 saturated heterocycles. The second-order valence-corrected chi connectivity index (χ2v) is 4.86. The molecule has 0 aromatic rings. The number of carbonyl (C=O) groups excluding carboxylic acids is 2. The summed E-state index contributed by atoms with van der Waals surface area (Å²) in [5.74, 6) is -0.249. The molecule has 1 atom stereocenters. The Morgan fingerprint density at radius 1 is 1.28 bits per heavy atom. The summed E-state index contributed by atoms with van der Waals surface area (Å²) in [7, 11) is 0. The van der Waals surface area contributed by atoms with E-state index in [9.17, 15) is 9.59 Å². The zero-order valence-corrected chi connectivity index (χ0v) is 11.0. The minimum Gasteiger partial charge on any atom is -0.393 e. The van der Waals surface area contributed by atoms with E-state index in [1.165, 1.54) is 0 Å². The Morgan fingerprint density at radius 3 is 2.61 bits per heavy atom. The Labute approximate surface area is 108 Å². The lowest BCUT2D eigenvalue weighted by molar-refractivity contribution is -0.131. The fourth-order valence-corrected chi connectivity index (χ4v) is 2.09. The van der Waals surface area contributed by atoms with E-state index in [0.29, 0.717) is 32.5 Å². The van der Waals surface area contributed by atoms with E-state index in [1.54, 1.807) is 6.92 Å². The van der Waals surface area contributed by atoms with Gasteiger partial charge in [-0.25, -0.2) is 0 Å². The van der Waals surface area contributed by atoms with Gasteiger partial charge in [-0.1, -0.05) is 0 Å². The molecule has 1 heterocycles. The molecule has 0 saturated carbocycles. The molecular weight excluding hydrogens is 234 g/mol. The van der Waals surface area contributed by atoms with E-state index < -0.39 is 6.10 Å². The van der Waals surface area contributed by atoms with Crippen LogP contribution in [0.5, 0.6) is 0 Å². The van der Waals surface area contributed by atoms with Gasteiger partial charge in [-0.3, -0.25) is 14.5 Å². The Balaban J connectivity index is 2.36. The van der Waals surface area contributed by atoms with Crippen molar-refractivity contribution in [3.8, 4) is 0 Å². The maximum Gasteiger partial charge on any atom is 0.231 e. The van der Waals surface area contributed by atoms with Crippen LogP contribution in [0.1, 0.15) is 26.2 Å². The Kier molecular flexibility index (Phi) is 6.07. The fourth-order valence-electron chi connectivity index (χ4n) is 2.09.